The van der Waals surface area contributed by atoms with E-state index in [-0.39, 0.29) is 12.6 Å². The molecule has 0 fully saturated rings. The van der Waals surface area contributed by atoms with Crippen molar-refractivity contribution >= 4 is 23.3 Å². The summed E-state index contributed by atoms with van der Waals surface area (Å²) in [7, 11) is 1.62. The minimum atomic E-state index is -0.967. The molecule has 0 unspecified atom stereocenters. The lowest BCUT2D eigenvalue weighted by molar-refractivity contribution is 0.0550. The van der Waals surface area contributed by atoms with E-state index in [1.807, 2.05) is 0 Å². The Hall–Kier alpha value is -2.05. The highest BCUT2D eigenvalue weighted by molar-refractivity contribution is 6.33. The van der Waals surface area contributed by atoms with Crippen molar-refractivity contribution < 1.29 is 9.90 Å². The zero-order chi connectivity index (χ0) is 16.3. The van der Waals surface area contributed by atoms with Gasteiger partial charge in [-0.2, -0.15) is 5.10 Å². The SMILES string of the molecule is CN(CC(C)(C)O)C(=O)Nc1cccc(Cl)c1-n1cccn1. The molecule has 2 aromatic rings. The summed E-state index contributed by atoms with van der Waals surface area (Å²) in [5.41, 5.74) is 0.175. The van der Waals surface area contributed by atoms with Gasteiger partial charge >= 0.3 is 6.03 Å². The number of hydrogen-bond donors (Lipinski definition) is 2. The summed E-state index contributed by atoms with van der Waals surface area (Å²) in [5.74, 6) is 0. The average Bonchev–Trinajstić information content (AvgIpc) is 2.90. The Morgan fingerprint density at radius 3 is 2.77 bits per heavy atom. The number of hydrogen-bond acceptors (Lipinski definition) is 3. The van der Waals surface area contributed by atoms with Crippen LogP contribution in [-0.4, -0.2) is 45.0 Å². The molecule has 2 N–H and O–H groups in total. The molecule has 0 aliphatic carbocycles. The number of para-hydroxylation sites is 1. The number of urea groups is 1. The van der Waals surface area contributed by atoms with Crippen molar-refractivity contribution in [3.05, 3.63) is 41.7 Å². The van der Waals surface area contributed by atoms with Crippen molar-refractivity contribution in [1.82, 2.24) is 14.7 Å². The van der Waals surface area contributed by atoms with Gasteiger partial charge in [0.1, 0.15) is 5.69 Å². The Kier molecular flexibility index (Phi) is 4.73. The topological polar surface area (TPSA) is 70.4 Å². The van der Waals surface area contributed by atoms with E-state index in [1.54, 1.807) is 62.2 Å². The molecule has 0 atom stereocenters. The largest absolute Gasteiger partial charge is 0.389 e. The van der Waals surface area contributed by atoms with E-state index in [1.165, 1.54) is 4.90 Å². The molecule has 2 amide bonds. The van der Waals surface area contributed by atoms with Crippen LogP contribution in [0.25, 0.3) is 5.69 Å². The van der Waals surface area contributed by atoms with E-state index >= 15 is 0 Å². The highest BCUT2D eigenvalue weighted by Crippen LogP contribution is 2.28. The zero-order valence-corrected chi connectivity index (χ0v) is 13.5. The monoisotopic (exact) mass is 322 g/mol. The first kappa shape index (κ1) is 16.3. The van der Waals surface area contributed by atoms with Gasteiger partial charge in [0.2, 0.25) is 0 Å². The van der Waals surface area contributed by atoms with Gasteiger partial charge in [0, 0.05) is 19.4 Å². The zero-order valence-electron chi connectivity index (χ0n) is 12.7. The number of nitrogens with one attached hydrogen (secondary N) is 1. The standard InChI is InChI=1S/C15H19ClN4O2/c1-15(2,22)10-19(3)14(21)18-12-7-4-6-11(16)13(12)20-9-5-8-17-20/h4-9,22H,10H2,1-3H3,(H,18,21). The van der Waals surface area contributed by atoms with Crippen molar-refractivity contribution in [2.45, 2.75) is 19.4 Å². The van der Waals surface area contributed by atoms with E-state index < -0.39 is 5.60 Å². The molecule has 2 rings (SSSR count). The Balaban J connectivity index is 2.24. The number of aliphatic hydroxyl groups is 1. The van der Waals surface area contributed by atoms with Crippen LogP contribution in [0.5, 0.6) is 0 Å². The van der Waals surface area contributed by atoms with Gasteiger partial charge < -0.3 is 15.3 Å². The number of carbonyl (C=O) groups excluding carboxylic acids is 1. The van der Waals surface area contributed by atoms with Crippen molar-refractivity contribution in [2.24, 2.45) is 0 Å². The van der Waals surface area contributed by atoms with Crippen LogP contribution in [-0.2, 0) is 0 Å². The van der Waals surface area contributed by atoms with Gasteiger partial charge in [0.25, 0.3) is 0 Å². The fraction of sp³-hybridized carbons (Fsp3) is 0.333. The predicted octanol–water partition coefficient (Wildman–Crippen LogP) is 2.76. The maximum atomic E-state index is 12.3. The fourth-order valence-corrected chi connectivity index (χ4v) is 2.37. The molecule has 6 nitrogen and oxygen atoms in total. The molecule has 0 aliphatic heterocycles. The lowest BCUT2D eigenvalue weighted by Gasteiger charge is -2.26. The molecule has 118 valence electrons. The van der Waals surface area contributed by atoms with E-state index in [0.29, 0.717) is 16.4 Å². The molecule has 0 saturated carbocycles. The summed E-state index contributed by atoms with van der Waals surface area (Å²) < 4.78 is 1.59. The number of carbonyl (C=O) groups is 1. The van der Waals surface area contributed by atoms with Crippen LogP contribution in [0.1, 0.15) is 13.8 Å². The quantitative estimate of drug-likeness (QED) is 0.909. The van der Waals surface area contributed by atoms with E-state index in [9.17, 15) is 9.90 Å². The summed E-state index contributed by atoms with van der Waals surface area (Å²) in [6, 6.07) is 6.67. The van der Waals surface area contributed by atoms with Gasteiger partial charge in [-0.1, -0.05) is 17.7 Å². The van der Waals surface area contributed by atoms with E-state index in [2.05, 4.69) is 10.4 Å². The summed E-state index contributed by atoms with van der Waals surface area (Å²) in [4.78, 5) is 13.7. The number of rotatable bonds is 4. The second-order valence-corrected chi connectivity index (χ2v) is 6.09. The molecule has 0 bridgehead atoms. The fourth-order valence-electron chi connectivity index (χ4n) is 2.11. The number of halogens is 1. The molecular weight excluding hydrogens is 304 g/mol. The molecule has 7 heteroatoms. The van der Waals surface area contributed by atoms with Crippen molar-refractivity contribution in [3.63, 3.8) is 0 Å². The van der Waals surface area contributed by atoms with Crippen LogP contribution in [0.2, 0.25) is 5.02 Å². The molecular formula is C15H19ClN4O2. The third-order valence-electron chi connectivity index (χ3n) is 2.93. The van der Waals surface area contributed by atoms with Crippen LogP contribution in [0.3, 0.4) is 0 Å². The van der Waals surface area contributed by atoms with Gasteiger partial charge in [-0.25, -0.2) is 9.48 Å². The molecule has 0 aliphatic rings. The lowest BCUT2D eigenvalue weighted by atomic mass is 10.1. The van der Waals surface area contributed by atoms with Gasteiger partial charge in [-0.05, 0) is 32.0 Å². The van der Waals surface area contributed by atoms with Crippen LogP contribution in [0.4, 0.5) is 10.5 Å². The molecule has 0 spiro atoms. The normalized spacial score (nSPS) is 11.3. The highest BCUT2D eigenvalue weighted by atomic mass is 35.5. The average molecular weight is 323 g/mol. The first-order valence-corrected chi connectivity index (χ1v) is 7.19. The van der Waals surface area contributed by atoms with Gasteiger partial charge in [0.15, 0.2) is 0 Å². The summed E-state index contributed by atoms with van der Waals surface area (Å²) in [5, 5.41) is 17.2. The second kappa shape index (κ2) is 6.37. The van der Waals surface area contributed by atoms with E-state index in [4.69, 9.17) is 11.6 Å². The van der Waals surface area contributed by atoms with Crippen LogP contribution in [0.15, 0.2) is 36.7 Å². The maximum Gasteiger partial charge on any atom is 0.321 e. The Bertz CT molecular complexity index is 650. The molecule has 1 heterocycles. The van der Waals surface area contributed by atoms with Gasteiger partial charge in [-0.3, -0.25) is 0 Å². The number of amides is 2. The van der Waals surface area contributed by atoms with Gasteiger partial charge in [-0.15, -0.1) is 0 Å². The Labute approximate surface area is 134 Å². The lowest BCUT2D eigenvalue weighted by Crippen LogP contribution is -2.41. The minimum absolute atomic E-state index is 0.205. The van der Waals surface area contributed by atoms with Crippen LogP contribution in [0, 0.1) is 0 Å². The van der Waals surface area contributed by atoms with E-state index in [0.717, 1.165) is 0 Å². The third-order valence-corrected chi connectivity index (χ3v) is 3.24. The number of anilines is 1. The molecule has 1 aromatic heterocycles. The predicted molar refractivity (Wildman–Crippen MR) is 86.5 cm³/mol. The first-order chi connectivity index (χ1) is 10.3. The Morgan fingerprint density at radius 1 is 1.45 bits per heavy atom. The molecule has 0 saturated heterocycles. The summed E-state index contributed by atoms with van der Waals surface area (Å²) in [6.45, 7) is 3.49. The number of nitrogens with zero attached hydrogens (tertiary/aromatic N) is 3. The van der Waals surface area contributed by atoms with Crippen LogP contribution < -0.4 is 5.32 Å². The number of aromatic nitrogens is 2. The number of benzene rings is 1. The first-order valence-electron chi connectivity index (χ1n) is 6.81. The summed E-state index contributed by atoms with van der Waals surface area (Å²) in [6.07, 6.45) is 3.38. The molecule has 0 radical (unpaired) electrons. The van der Waals surface area contributed by atoms with Crippen molar-refractivity contribution in [1.29, 1.82) is 0 Å². The van der Waals surface area contributed by atoms with Crippen molar-refractivity contribution in [2.75, 3.05) is 18.9 Å². The van der Waals surface area contributed by atoms with Gasteiger partial charge in [0.05, 0.1) is 22.9 Å². The third kappa shape index (κ3) is 3.99. The summed E-state index contributed by atoms with van der Waals surface area (Å²) >= 11 is 6.22. The van der Waals surface area contributed by atoms with Crippen molar-refractivity contribution in [3.8, 4) is 5.69 Å². The molecule has 1 aromatic carbocycles. The minimum Gasteiger partial charge on any atom is -0.389 e. The maximum absolute atomic E-state index is 12.3. The smallest absolute Gasteiger partial charge is 0.321 e. The number of likely N-dealkylation sites (N-methyl/N-ethyl adjacent to an activating group) is 1. The molecule has 22 heavy (non-hydrogen) atoms. The highest BCUT2D eigenvalue weighted by Gasteiger charge is 2.20. The Morgan fingerprint density at radius 2 is 2.18 bits per heavy atom. The second-order valence-electron chi connectivity index (χ2n) is 5.69. The van der Waals surface area contributed by atoms with Crippen LogP contribution >= 0.6 is 11.6 Å².